The van der Waals surface area contributed by atoms with E-state index in [0.717, 1.165) is 14.8 Å². The predicted molar refractivity (Wildman–Crippen MR) is 104 cm³/mol. The van der Waals surface area contributed by atoms with Gasteiger partial charge in [-0.15, -0.1) is 0 Å². The van der Waals surface area contributed by atoms with E-state index in [1.165, 1.54) is 44.2 Å². The van der Waals surface area contributed by atoms with Crippen LogP contribution in [-0.4, -0.2) is 57.2 Å². The smallest absolute Gasteiger partial charge is 0.331 e. The van der Waals surface area contributed by atoms with Gasteiger partial charge >= 0.3 is 6.03 Å². The molecule has 0 radical (unpaired) electrons. The molecule has 1 heterocycles. The number of imide groups is 1. The molecular formula is C19H21N3O5S. The Morgan fingerprint density at radius 1 is 1.07 bits per heavy atom. The van der Waals surface area contributed by atoms with Crippen LogP contribution < -0.4 is 9.64 Å². The first-order chi connectivity index (χ1) is 13.2. The van der Waals surface area contributed by atoms with Crippen LogP contribution in [0.5, 0.6) is 5.75 Å². The Morgan fingerprint density at radius 3 is 2.32 bits per heavy atom. The number of ether oxygens (including phenoxy) is 1. The molecule has 0 spiro atoms. The van der Waals surface area contributed by atoms with E-state index in [9.17, 15) is 18.0 Å². The van der Waals surface area contributed by atoms with Crippen molar-refractivity contribution in [3.63, 3.8) is 0 Å². The van der Waals surface area contributed by atoms with Gasteiger partial charge in [-0.05, 0) is 17.7 Å². The van der Waals surface area contributed by atoms with Crippen molar-refractivity contribution >= 4 is 27.6 Å². The molecule has 0 saturated carbocycles. The summed E-state index contributed by atoms with van der Waals surface area (Å²) in [5.74, 6) is -0.132. The lowest BCUT2D eigenvalue weighted by molar-refractivity contribution is -0.123. The van der Waals surface area contributed by atoms with Crippen molar-refractivity contribution in [1.29, 1.82) is 0 Å². The van der Waals surface area contributed by atoms with Gasteiger partial charge in [0.25, 0.3) is 0 Å². The second kappa shape index (κ2) is 7.61. The van der Waals surface area contributed by atoms with Crippen LogP contribution in [0.15, 0.2) is 53.4 Å². The number of carbonyl (C=O) groups excluding carboxylic acids is 2. The number of anilines is 1. The largest absolute Gasteiger partial charge is 0.487 e. The van der Waals surface area contributed by atoms with Crippen molar-refractivity contribution in [3.05, 3.63) is 54.1 Å². The molecule has 3 amide bonds. The molecule has 1 saturated heterocycles. The van der Waals surface area contributed by atoms with E-state index in [1.54, 1.807) is 0 Å². The van der Waals surface area contributed by atoms with Crippen LogP contribution in [0.3, 0.4) is 0 Å². The van der Waals surface area contributed by atoms with Gasteiger partial charge in [-0.2, -0.15) is 0 Å². The highest BCUT2D eigenvalue weighted by molar-refractivity contribution is 7.89. The van der Waals surface area contributed by atoms with E-state index < -0.39 is 16.1 Å². The fraction of sp³-hybridized carbons (Fsp3) is 0.263. The minimum Gasteiger partial charge on any atom is -0.487 e. The van der Waals surface area contributed by atoms with Gasteiger partial charge in [0.05, 0.1) is 10.6 Å². The summed E-state index contributed by atoms with van der Waals surface area (Å²) in [4.78, 5) is 26.6. The SMILES string of the molecule is CN1C(=O)CN(c2ccc(S(=O)(=O)N(C)C)cc2OCc2ccccc2)C1=O. The minimum absolute atomic E-state index is 0.0376. The first kappa shape index (κ1) is 19.8. The fourth-order valence-corrected chi connectivity index (χ4v) is 3.64. The zero-order chi connectivity index (χ0) is 20.5. The number of hydrogen-bond donors (Lipinski definition) is 0. The number of amides is 3. The maximum Gasteiger partial charge on any atom is 0.331 e. The molecule has 2 aromatic rings. The summed E-state index contributed by atoms with van der Waals surface area (Å²) in [6, 6.07) is 13.1. The Hall–Kier alpha value is -2.91. The van der Waals surface area contributed by atoms with E-state index in [1.807, 2.05) is 30.3 Å². The third kappa shape index (κ3) is 3.71. The highest BCUT2D eigenvalue weighted by Crippen LogP contribution is 2.34. The number of likely N-dealkylation sites (N-methyl/N-ethyl adjacent to an activating group) is 1. The fourth-order valence-electron chi connectivity index (χ4n) is 2.72. The van der Waals surface area contributed by atoms with Crippen LogP contribution in [0.4, 0.5) is 10.5 Å². The van der Waals surface area contributed by atoms with Crippen LogP contribution in [-0.2, 0) is 21.4 Å². The first-order valence-electron chi connectivity index (χ1n) is 8.53. The summed E-state index contributed by atoms with van der Waals surface area (Å²) in [7, 11) is 0.589. The molecular weight excluding hydrogens is 382 g/mol. The Balaban J connectivity index is 2.01. The lowest BCUT2D eigenvalue weighted by Gasteiger charge is -2.21. The van der Waals surface area contributed by atoms with Gasteiger partial charge in [-0.25, -0.2) is 17.5 Å². The monoisotopic (exact) mass is 403 g/mol. The molecule has 8 nitrogen and oxygen atoms in total. The molecule has 28 heavy (non-hydrogen) atoms. The Kier molecular flexibility index (Phi) is 5.39. The van der Waals surface area contributed by atoms with Gasteiger partial charge in [-0.3, -0.25) is 14.6 Å². The van der Waals surface area contributed by atoms with Crippen LogP contribution in [0, 0.1) is 0 Å². The topological polar surface area (TPSA) is 87.2 Å². The zero-order valence-corrected chi connectivity index (χ0v) is 16.6. The number of hydrogen-bond acceptors (Lipinski definition) is 5. The first-order valence-corrected chi connectivity index (χ1v) is 9.97. The van der Waals surface area contributed by atoms with Crippen molar-refractivity contribution in [2.24, 2.45) is 0 Å². The molecule has 0 unspecified atom stereocenters. The van der Waals surface area contributed by atoms with Crippen LogP contribution in [0.1, 0.15) is 5.56 Å². The maximum atomic E-state index is 12.5. The second-order valence-corrected chi connectivity index (χ2v) is 8.66. The highest BCUT2D eigenvalue weighted by atomic mass is 32.2. The van der Waals surface area contributed by atoms with Gasteiger partial charge in [0.15, 0.2) is 0 Å². The standard InChI is InChI=1S/C19H21N3O5S/c1-20(2)28(25,26)15-9-10-16(22-12-18(23)21(3)19(22)24)17(11-15)27-13-14-7-5-4-6-8-14/h4-11H,12-13H2,1-3H3. The molecule has 148 valence electrons. The van der Waals surface area contributed by atoms with E-state index in [-0.39, 0.29) is 29.7 Å². The predicted octanol–water partition coefficient (Wildman–Crippen LogP) is 1.91. The average molecular weight is 403 g/mol. The summed E-state index contributed by atoms with van der Waals surface area (Å²) in [6.07, 6.45) is 0. The molecule has 0 aliphatic carbocycles. The van der Waals surface area contributed by atoms with Gasteiger partial charge < -0.3 is 4.74 Å². The number of carbonyl (C=O) groups is 2. The van der Waals surface area contributed by atoms with Crippen molar-refractivity contribution in [1.82, 2.24) is 9.21 Å². The normalized spacial score (nSPS) is 14.9. The second-order valence-electron chi connectivity index (χ2n) is 6.51. The summed E-state index contributed by atoms with van der Waals surface area (Å²) in [5, 5.41) is 0. The van der Waals surface area contributed by atoms with Gasteiger partial charge in [0.1, 0.15) is 18.9 Å². The molecule has 0 N–H and O–H groups in total. The molecule has 2 aromatic carbocycles. The van der Waals surface area contributed by atoms with Gasteiger partial charge in [0.2, 0.25) is 15.9 Å². The van der Waals surface area contributed by atoms with Crippen LogP contribution in [0.25, 0.3) is 0 Å². The third-order valence-electron chi connectivity index (χ3n) is 4.42. The van der Waals surface area contributed by atoms with Crippen molar-refractivity contribution < 1.29 is 22.7 Å². The third-order valence-corrected chi connectivity index (χ3v) is 6.23. The van der Waals surface area contributed by atoms with E-state index >= 15 is 0 Å². The molecule has 0 atom stereocenters. The number of sulfonamides is 1. The molecule has 1 aliphatic rings. The lowest BCUT2D eigenvalue weighted by atomic mass is 10.2. The molecule has 0 bridgehead atoms. The Bertz CT molecular complexity index is 1010. The van der Waals surface area contributed by atoms with Crippen molar-refractivity contribution in [2.75, 3.05) is 32.6 Å². The van der Waals surface area contributed by atoms with Gasteiger partial charge in [-0.1, -0.05) is 30.3 Å². The Morgan fingerprint density at radius 2 is 1.75 bits per heavy atom. The maximum absolute atomic E-state index is 12.5. The quantitative estimate of drug-likeness (QED) is 0.688. The zero-order valence-electron chi connectivity index (χ0n) is 15.8. The molecule has 3 rings (SSSR count). The number of benzene rings is 2. The molecule has 9 heteroatoms. The summed E-state index contributed by atoms with van der Waals surface area (Å²) < 4.78 is 31.9. The minimum atomic E-state index is -3.69. The lowest BCUT2D eigenvalue weighted by Crippen LogP contribution is -2.30. The van der Waals surface area contributed by atoms with E-state index in [0.29, 0.717) is 5.69 Å². The summed E-state index contributed by atoms with van der Waals surface area (Å²) in [6.45, 7) is 0.0575. The van der Waals surface area contributed by atoms with E-state index in [4.69, 9.17) is 4.74 Å². The number of nitrogens with zero attached hydrogens (tertiary/aromatic N) is 3. The van der Waals surface area contributed by atoms with E-state index in [2.05, 4.69) is 0 Å². The molecule has 1 fully saturated rings. The summed E-state index contributed by atoms with van der Waals surface area (Å²) in [5.41, 5.74) is 1.23. The average Bonchev–Trinajstić information content (AvgIpc) is 2.94. The highest BCUT2D eigenvalue weighted by Gasteiger charge is 2.36. The van der Waals surface area contributed by atoms with Gasteiger partial charge in [0, 0.05) is 27.2 Å². The van der Waals surface area contributed by atoms with Crippen molar-refractivity contribution in [2.45, 2.75) is 11.5 Å². The Labute approximate surface area is 164 Å². The van der Waals surface area contributed by atoms with Crippen LogP contribution >= 0.6 is 0 Å². The van der Waals surface area contributed by atoms with Crippen molar-refractivity contribution in [3.8, 4) is 5.75 Å². The number of urea groups is 1. The number of rotatable bonds is 6. The van der Waals surface area contributed by atoms with Crippen LogP contribution in [0.2, 0.25) is 0 Å². The molecule has 0 aromatic heterocycles. The molecule has 1 aliphatic heterocycles. The summed E-state index contributed by atoms with van der Waals surface area (Å²) >= 11 is 0.